The molecule has 0 atom stereocenters. The zero-order chi connectivity index (χ0) is 18.1. The second-order valence-electron chi connectivity index (χ2n) is 7.03. The summed E-state index contributed by atoms with van der Waals surface area (Å²) in [6.07, 6.45) is 4.49. The van der Waals surface area contributed by atoms with Gasteiger partial charge in [0, 0.05) is 24.2 Å². The first kappa shape index (κ1) is 17.4. The molecule has 2 aliphatic heterocycles. The number of ether oxygens (including phenoxy) is 1. The van der Waals surface area contributed by atoms with Crippen LogP contribution < -0.4 is 15.0 Å². The number of rotatable bonds is 4. The first-order valence-corrected chi connectivity index (χ1v) is 11.0. The number of fused-ring (bicyclic) bond motifs is 1. The third-order valence-electron chi connectivity index (χ3n) is 5.11. The summed E-state index contributed by atoms with van der Waals surface area (Å²) in [6.45, 7) is 2.89. The molecule has 0 unspecified atom stereocenters. The van der Waals surface area contributed by atoms with Crippen LogP contribution in [0.2, 0.25) is 0 Å². The summed E-state index contributed by atoms with van der Waals surface area (Å²) in [4.78, 5) is 2.62. The molecule has 0 aromatic heterocycles. The van der Waals surface area contributed by atoms with E-state index in [0.29, 0.717) is 11.0 Å². The predicted octanol–water partition coefficient (Wildman–Crippen LogP) is 2.92. The molecule has 2 heterocycles. The quantitative estimate of drug-likeness (QED) is 0.894. The van der Waals surface area contributed by atoms with Crippen molar-refractivity contribution in [3.63, 3.8) is 0 Å². The Morgan fingerprint density at radius 3 is 2.50 bits per heavy atom. The Labute approximate surface area is 154 Å². The van der Waals surface area contributed by atoms with E-state index in [-0.39, 0.29) is 0 Å². The number of hydrogen-bond donors (Lipinski definition) is 1. The Bertz CT molecular complexity index is 888. The zero-order valence-electron chi connectivity index (χ0n) is 14.9. The van der Waals surface area contributed by atoms with Crippen LogP contribution in [0, 0.1) is 0 Å². The van der Waals surface area contributed by atoms with Gasteiger partial charge in [-0.3, -0.25) is 0 Å². The summed E-state index contributed by atoms with van der Waals surface area (Å²) >= 11 is 0. The molecule has 6 heteroatoms. The molecule has 0 amide bonds. The molecule has 26 heavy (non-hydrogen) atoms. The van der Waals surface area contributed by atoms with Crippen LogP contribution in [0.1, 0.15) is 18.4 Å². The lowest BCUT2D eigenvalue weighted by atomic mass is 10.1. The smallest absolute Gasteiger partial charge is 0.175 e. The van der Waals surface area contributed by atoms with Gasteiger partial charge in [-0.2, -0.15) is 0 Å². The summed E-state index contributed by atoms with van der Waals surface area (Å²) in [5.41, 5.74) is 3.28. The van der Waals surface area contributed by atoms with E-state index in [4.69, 9.17) is 4.74 Å². The highest BCUT2D eigenvalue weighted by atomic mass is 32.2. The Morgan fingerprint density at radius 2 is 1.81 bits per heavy atom. The maximum absolute atomic E-state index is 11.8. The lowest BCUT2D eigenvalue weighted by molar-refractivity contribution is 0.162. The number of nitrogens with zero attached hydrogens (tertiary/aromatic N) is 1. The SMILES string of the molecule is CS(=O)(=O)c1ccc2c(c1)CCN2c1ccc(OC2CCNCC2)cc1. The van der Waals surface area contributed by atoms with Crippen LogP contribution in [-0.2, 0) is 16.3 Å². The molecule has 138 valence electrons. The molecular formula is C20H24N2O3S. The normalized spacial score (nSPS) is 18.0. The van der Waals surface area contributed by atoms with E-state index in [1.165, 1.54) is 6.26 Å². The fourth-order valence-electron chi connectivity index (χ4n) is 3.69. The number of nitrogens with one attached hydrogen (secondary N) is 1. The topological polar surface area (TPSA) is 58.6 Å². The van der Waals surface area contributed by atoms with Crippen molar-refractivity contribution in [3.05, 3.63) is 48.0 Å². The molecule has 0 bridgehead atoms. The third-order valence-corrected chi connectivity index (χ3v) is 6.22. The largest absolute Gasteiger partial charge is 0.490 e. The van der Waals surface area contributed by atoms with E-state index in [9.17, 15) is 8.42 Å². The van der Waals surface area contributed by atoms with Crippen molar-refractivity contribution < 1.29 is 13.2 Å². The van der Waals surface area contributed by atoms with Gasteiger partial charge in [-0.15, -0.1) is 0 Å². The second kappa shape index (κ2) is 6.93. The van der Waals surface area contributed by atoms with Crippen LogP contribution >= 0.6 is 0 Å². The molecule has 0 aliphatic carbocycles. The highest BCUT2D eigenvalue weighted by Gasteiger charge is 2.22. The molecule has 1 N–H and O–H groups in total. The summed E-state index contributed by atoms with van der Waals surface area (Å²) < 4.78 is 29.6. The molecule has 2 aliphatic rings. The molecule has 1 saturated heterocycles. The highest BCUT2D eigenvalue weighted by Crippen LogP contribution is 2.36. The fraction of sp³-hybridized carbons (Fsp3) is 0.400. The Kier molecular flexibility index (Phi) is 4.63. The number of anilines is 2. The van der Waals surface area contributed by atoms with Crippen LogP contribution in [0.25, 0.3) is 0 Å². The van der Waals surface area contributed by atoms with Crippen LogP contribution in [0.3, 0.4) is 0 Å². The van der Waals surface area contributed by atoms with Crippen molar-refractivity contribution >= 4 is 21.2 Å². The summed E-state index contributed by atoms with van der Waals surface area (Å²) in [5.74, 6) is 0.910. The van der Waals surface area contributed by atoms with Gasteiger partial charge in [0.2, 0.25) is 0 Å². The van der Waals surface area contributed by atoms with E-state index in [1.807, 2.05) is 18.2 Å². The zero-order valence-corrected chi connectivity index (χ0v) is 15.8. The van der Waals surface area contributed by atoms with E-state index in [1.54, 1.807) is 12.1 Å². The minimum Gasteiger partial charge on any atom is -0.490 e. The van der Waals surface area contributed by atoms with Gasteiger partial charge in [0.15, 0.2) is 9.84 Å². The minimum absolute atomic E-state index is 0.295. The standard InChI is InChI=1S/C20H24N2O3S/c1-26(23,24)19-6-7-20-15(14-19)10-13-22(20)16-2-4-17(5-3-16)25-18-8-11-21-12-9-18/h2-7,14,18,21H,8-13H2,1H3. The van der Waals surface area contributed by atoms with E-state index in [2.05, 4.69) is 22.3 Å². The van der Waals surface area contributed by atoms with Gasteiger partial charge in [0.05, 0.1) is 4.90 Å². The second-order valence-corrected chi connectivity index (χ2v) is 9.04. The Balaban J connectivity index is 1.51. The van der Waals surface area contributed by atoms with Gasteiger partial charge < -0.3 is 15.0 Å². The Morgan fingerprint density at radius 1 is 1.08 bits per heavy atom. The van der Waals surface area contributed by atoms with Crippen molar-refractivity contribution in [2.75, 3.05) is 30.8 Å². The molecular weight excluding hydrogens is 348 g/mol. The molecule has 0 radical (unpaired) electrons. The molecule has 0 spiro atoms. The summed E-state index contributed by atoms with van der Waals surface area (Å²) in [5, 5.41) is 3.34. The summed E-state index contributed by atoms with van der Waals surface area (Å²) in [6, 6.07) is 13.6. The van der Waals surface area contributed by atoms with Gasteiger partial charge >= 0.3 is 0 Å². The maximum Gasteiger partial charge on any atom is 0.175 e. The maximum atomic E-state index is 11.8. The van der Waals surface area contributed by atoms with Crippen LogP contribution in [0.5, 0.6) is 5.75 Å². The Hall–Kier alpha value is -2.05. The summed E-state index contributed by atoms with van der Waals surface area (Å²) in [7, 11) is -3.17. The lowest BCUT2D eigenvalue weighted by Crippen LogP contribution is -2.34. The van der Waals surface area contributed by atoms with Crippen molar-refractivity contribution in [1.82, 2.24) is 5.32 Å². The molecule has 0 saturated carbocycles. The minimum atomic E-state index is -3.17. The van der Waals surface area contributed by atoms with Gasteiger partial charge in [-0.1, -0.05) is 0 Å². The first-order chi connectivity index (χ1) is 12.5. The average molecular weight is 372 g/mol. The number of benzene rings is 2. The van der Waals surface area contributed by atoms with Gasteiger partial charge in [0.1, 0.15) is 11.9 Å². The number of piperidine rings is 1. The lowest BCUT2D eigenvalue weighted by Gasteiger charge is -2.24. The number of sulfone groups is 1. The van der Waals surface area contributed by atoms with Gasteiger partial charge in [0.25, 0.3) is 0 Å². The van der Waals surface area contributed by atoms with Crippen LogP contribution in [0.15, 0.2) is 47.4 Å². The van der Waals surface area contributed by atoms with Gasteiger partial charge in [-0.25, -0.2) is 8.42 Å². The molecule has 2 aromatic carbocycles. The molecule has 5 nitrogen and oxygen atoms in total. The van der Waals surface area contributed by atoms with E-state index >= 15 is 0 Å². The fourth-order valence-corrected chi connectivity index (χ4v) is 4.36. The number of hydrogen-bond acceptors (Lipinski definition) is 5. The van der Waals surface area contributed by atoms with Crippen molar-refractivity contribution in [1.29, 1.82) is 0 Å². The highest BCUT2D eigenvalue weighted by molar-refractivity contribution is 7.90. The van der Waals surface area contributed by atoms with Crippen LogP contribution in [-0.4, -0.2) is 40.4 Å². The third kappa shape index (κ3) is 3.57. The monoisotopic (exact) mass is 372 g/mol. The average Bonchev–Trinajstić information content (AvgIpc) is 3.06. The predicted molar refractivity (Wildman–Crippen MR) is 103 cm³/mol. The first-order valence-electron chi connectivity index (χ1n) is 9.09. The van der Waals surface area contributed by atoms with Crippen LogP contribution in [0.4, 0.5) is 11.4 Å². The molecule has 2 aromatic rings. The van der Waals surface area contributed by atoms with Crippen molar-refractivity contribution in [3.8, 4) is 5.75 Å². The van der Waals surface area contributed by atoms with E-state index < -0.39 is 9.84 Å². The van der Waals surface area contributed by atoms with E-state index in [0.717, 1.165) is 61.6 Å². The van der Waals surface area contributed by atoms with Gasteiger partial charge in [-0.05, 0) is 80.4 Å². The molecule has 4 rings (SSSR count). The molecule has 1 fully saturated rings. The van der Waals surface area contributed by atoms with Crippen molar-refractivity contribution in [2.45, 2.75) is 30.3 Å². The van der Waals surface area contributed by atoms with Crippen molar-refractivity contribution in [2.24, 2.45) is 0 Å².